The van der Waals surface area contributed by atoms with Crippen LogP contribution in [0.15, 0.2) is 247 Å². The van der Waals surface area contributed by atoms with Crippen molar-refractivity contribution >= 4 is 82.4 Å². The highest BCUT2D eigenvalue weighted by Crippen LogP contribution is 2.42. The van der Waals surface area contributed by atoms with E-state index in [2.05, 4.69) is 240 Å². The first kappa shape index (κ1) is 36.9. The van der Waals surface area contributed by atoms with Crippen molar-refractivity contribution in [2.75, 3.05) is 4.90 Å². The Labute approximate surface area is 376 Å². The summed E-state index contributed by atoms with van der Waals surface area (Å²) in [6, 6.07) is 87.7. The van der Waals surface area contributed by atoms with Crippen LogP contribution in [0.5, 0.6) is 0 Å². The third-order valence-electron chi connectivity index (χ3n) is 13.2. The minimum atomic E-state index is 0.893. The number of benzene rings is 11. The topological polar surface area (TPSA) is 21.3 Å². The van der Waals surface area contributed by atoms with Gasteiger partial charge in [0.15, 0.2) is 0 Å². The van der Waals surface area contributed by atoms with Crippen molar-refractivity contribution in [1.29, 1.82) is 0 Å². The molecule has 0 unspecified atom stereocenters. The van der Waals surface area contributed by atoms with Gasteiger partial charge in [0.25, 0.3) is 0 Å². The summed E-state index contributed by atoms with van der Waals surface area (Å²) >= 11 is 0. The van der Waals surface area contributed by atoms with Gasteiger partial charge in [0.05, 0.1) is 11.0 Å². The predicted molar refractivity (Wildman–Crippen MR) is 274 cm³/mol. The molecular weight excluding hydrogens is 789 g/mol. The molecule has 0 radical (unpaired) electrons. The summed E-state index contributed by atoms with van der Waals surface area (Å²) in [5.41, 5.74) is 15.6. The molecule has 3 nitrogen and oxygen atoms in total. The van der Waals surface area contributed by atoms with E-state index >= 15 is 0 Å². The molecule has 0 saturated heterocycles. The lowest BCUT2D eigenvalue weighted by atomic mass is 9.98. The maximum Gasteiger partial charge on any atom is 0.136 e. The first-order valence-corrected chi connectivity index (χ1v) is 22.2. The van der Waals surface area contributed by atoms with E-state index in [1.54, 1.807) is 0 Å². The maximum atomic E-state index is 6.31. The molecule has 0 fully saturated rings. The summed E-state index contributed by atoms with van der Waals surface area (Å²) < 4.78 is 8.68. The Morgan fingerprint density at radius 1 is 0.308 bits per heavy atom. The third-order valence-corrected chi connectivity index (χ3v) is 13.2. The van der Waals surface area contributed by atoms with Gasteiger partial charge in [-0.15, -0.1) is 0 Å². The van der Waals surface area contributed by atoms with Crippen molar-refractivity contribution in [2.45, 2.75) is 0 Å². The number of nitrogens with zero attached hydrogens (tertiary/aromatic N) is 2. The molecule has 2 aromatic heterocycles. The number of hydrogen-bond acceptors (Lipinski definition) is 2. The average molecular weight is 829 g/mol. The molecule has 0 amide bonds. The van der Waals surface area contributed by atoms with Gasteiger partial charge in [0.2, 0.25) is 0 Å². The van der Waals surface area contributed by atoms with E-state index in [1.807, 2.05) is 12.1 Å². The summed E-state index contributed by atoms with van der Waals surface area (Å²) in [7, 11) is 0. The molecule has 0 spiro atoms. The Kier molecular flexibility index (Phi) is 8.53. The largest absolute Gasteiger partial charge is 0.456 e. The van der Waals surface area contributed by atoms with Crippen LogP contribution in [0.25, 0.3) is 104 Å². The lowest BCUT2D eigenvalue weighted by molar-refractivity contribution is 0.669. The molecule has 0 bridgehead atoms. The zero-order chi connectivity index (χ0) is 42.8. The zero-order valence-electron chi connectivity index (χ0n) is 35.4. The molecule has 13 rings (SSSR count). The van der Waals surface area contributed by atoms with Gasteiger partial charge in [0, 0.05) is 44.3 Å². The van der Waals surface area contributed by atoms with Gasteiger partial charge in [0.1, 0.15) is 11.2 Å². The van der Waals surface area contributed by atoms with Crippen LogP contribution < -0.4 is 4.90 Å². The molecule has 0 saturated carbocycles. The molecule has 0 atom stereocenters. The van der Waals surface area contributed by atoms with Crippen LogP contribution in [0.2, 0.25) is 0 Å². The lowest BCUT2D eigenvalue weighted by Gasteiger charge is -2.27. The van der Waals surface area contributed by atoms with Crippen LogP contribution in [-0.4, -0.2) is 4.57 Å². The molecule has 0 aliphatic carbocycles. The highest BCUT2D eigenvalue weighted by molar-refractivity contribution is 6.13. The Bertz CT molecular complexity index is 3880. The lowest BCUT2D eigenvalue weighted by Crippen LogP contribution is -2.10. The van der Waals surface area contributed by atoms with Crippen molar-refractivity contribution in [1.82, 2.24) is 4.57 Å². The Balaban J connectivity index is 0.857. The summed E-state index contributed by atoms with van der Waals surface area (Å²) in [6.45, 7) is 0. The maximum absolute atomic E-state index is 6.31. The van der Waals surface area contributed by atoms with Crippen LogP contribution in [0.3, 0.4) is 0 Å². The SMILES string of the molecule is c1cc(-c2cccc3oc4ccccc4c23)cc(N(c2ccc(-c3ccc(-c4ccc(-n5c6ccccc6c6ccccc65)cc4)cc3)cc2)c2ccc3ccc4ccccc4c3c2)c1. The van der Waals surface area contributed by atoms with Gasteiger partial charge in [-0.25, -0.2) is 0 Å². The van der Waals surface area contributed by atoms with E-state index in [4.69, 9.17) is 4.42 Å². The molecule has 304 valence electrons. The first-order valence-electron chi connectivity index (χ1n) is 22.2. The second kappa shape index (κ2) is 15.0. The number of hydrogen-bond donors (Lipinski definition) is 0. The first-order chi connectivity index (χ1) is 32.2. The summed E-state index contributed by atoms with van der Waals surface area (Å²) in [6.07, 6.45) is 0. The highest BCUT2D eigenvalue weighted by Gasteiger charge is 2.18. The molecular formula is C62H40N2O. The molecule has 0 aliphatic rings. The second-order valence-corrected chi connectivity index (χ2v) is 16.9. The number of rotatable bonds is 7. The van der Waals surface area contributed by atoms with Gasteiger partial charge in [-0.2, -0.15) is 0 Å². The fourth-order valence-corrected chi connectivity index (χ4v) is 10.1. The van der Waals surface area contributed by atoms with Crippen LogP contribution >= 0.6 is 0 Å². The van der Waals surface area contributed by atoms with Gasteiger partial charge < -0.3 is 13.9 Å². The van der Waals surface area contributed by atoms with Gasteiger partial charge in [-0.05, 0) is 128 Å². The van der Waals surface area contributed by atoms with E-state index in [-0.39, 0.29) is 0 Å². The minimum absolute atomic E-state index is 0.893. The van der Waals surface area contributed by atoms with Crippen molar-refractivity contribution in [3.8, 4) is 39.1 Å². The van der Waals surface area contributed by atoms with E-state index in [9.17, 15) is 0 Å². The van der Waals surface area contributed by atoms with Gasteiger partial charge in [-0.1, -0.05) is 170 Å². The van der Waals surface area contributed by atoms with Gasteiger partial charge >= 0.3 is 0 Å². The van der Waals surface area contributed by atoms with E-state index in [0.717, 1.165) is 55.8 Å². The van der Waals surface area contributed by atoms with Crippen LogP contribution in [-0.2, 0) is 0 Å². The molecule has 11 aromatic carbocycles. The fraction of sp³-hybridized carbons (Fsp3) is 0. The predicted octanol–water partition coefficient (Wildman–Crippen LogP) is 17.5. The average Bonchev–Trinajstić information content (AvgIpc) is 3.93. The van der Waals surface area contributed by atoms with E-state index in [1.165, 1.54) is 65.6 Å². The van der Waals surface area contributed by atoms with Gasteiger partial charge in [-0.3, -0.25) is 0 Å². The highest BCUT2D eigenvalue weighted by atomic mass is 16.3. The molecule has 0 N–H and O–H groups in total. The Hall–Kier alpha value is -8.66. The standard InChI is InChI=1S/C62H40N2O/c1-2-14-52-45(11-1)27-28-46-33-38-51(40-57(46)52)63(50-13-9-12-47(39-50)53-18-10-22-61-62(53)56-17-5-8-21-60(56)65-61)48-34-29-43(30-35-48)41-23-25-42(26-24-41)44-31-36-49(37-32-44)64-58-19-6-3-15-54(58)55-16-4-7-20-59(55)64/h1-40H. The van der Waals surface area contributed by atoms with Crippen molar-refractivity contribution in [3.63, 3.8) is 0 Å². The molecule has 65 heavy (non-hydrogen) atoms. The zero-order valence-corrected chi connectivity index (χ0v) is 35.4. The summed E-state index contributed by atoms with van der Waals surface area (Å²) in [5.74, 6) is 0. The molecule has 3 heteroatoms. The number of fused-ring (bicyclic) bond motifs is 9. The minimum Gasteiger partial charge on any atom is -0.456 e. The van der Waals surface area contributed by atoms with Crippen molar-refractivity contribution < 1.29 is 4.42 Å². The summed E-state index contributed by atoms with van der Waals surface area (Å²) in [5, 5.41) is 9.73. The number of furan rings is 1. The smallest absolute Gasteiger partial charge is 0.136 e. The normalized spacial score (nSPS) is 11.7. The Morgan fingerprint density at radius 3 is 1.52 bits per heavy atom. The van der Waals surface area contributed by atoms with Crippen LogP contribution in [0.4, 0.5) is 17.1 Å². The van der Waals surface area contributed by atoms with Crippen LogP contribution in [0.1, 0.15) is 0 Å². The third kappa shape index (κ3) is 6.20. The Morgan fingerprint density at radius 2 is 0.815 bits per heavy atom. The van der Waals surface area contributed by atoms with E-state index in [0.29, 0.717) is 0 Å². The molecule has 13 aromatic rings. The monoisotopic (exact) mass is 828 g/mol. The molecule has 0 aliphatic heterocycles. The number of para-hydroxylation sites is 3. The molecule has 2 heterocycles. The fourth-order valence-electron chi connectivity index (χ4n) is 10.1. The number of anilines is 3. The van der Waals surface area contributed by atoms with Crippen LogP contribution in [0, 0.1) is 0 Å². The number of aromatic nitrogens is 1. The van der Waals surface area contributed by atoms with Crippen molar-refractivity contribution in [3.05, 3.63) is 243 Å². The van der Waals surface area contributed by atoms with Crippen molar-refractivity contribution in [2.24, 2.45) is 0 Å². The van der Waals surface area contributed by atoms with E-state index < -0.39 is 0 Å². The second-order valence-electron chi connectivity index (χ2n) is 16.9. The summed E-state index contributed by atoms with van der Waals surface area (Å²) in [4.78, 5) is 2.38. The quantitative estimate of drug-likeness (QED) is 0.149.